The Balaban J connectivity index is 1.20. The Hall–Kier alpha value is -4.74. The number of fused-ring (bicyclic) bond motifs is 1. The number of aryl methyl sites for hydroxylation is 1. The molecule has 2 aliphatic heterocycles. The van der Waals surface area contributed by atoms with Crippen molar-refractivity contribution in [2.45, 2.75) is 31.8 Å². The van der Waals surface area contributed by atoms with Crippen molar-refractivity contribution < 1.29 is 28.2 Å². The van der Waals surface area contributed by atoms with Gasteiger partial charge in [-0.2, -0.15) is 5.21 Å². The molecule has 0 saturated carbocycles. The predicted octanol–water partition coefficient (Wildman–Crippen LogP) is 3.49. The Labute approximate surface area is 223 Å². The quantitative estimate of drug-likeness (QED) is 0.407. The first-order valence-electron chi connectivity index (χ1n) is 12.5. The number of oxazole rings is 1. The number of amides is 1. The van der Waals surface area contributed by atoms with Crippen molar-refractivity contribution in [2.24, 2.45) is 0 Å². The van der Waals surface area contributed by atoms with Crippen molar-refractivity contribution in [2.75, 3.05) is 27.3 Å². The molecule has 4 heterocycles. The summed E-state index contributed by atoms with van der Waals surface area (Å²) in [6, 6.07) is 8.67. The van der Waals surface area contributed by atoms with E-state index in [0.29, 0.717) is 82.9 Å². The summed E-state index contributed by atoms with van der Waals surface area (Å²) >= 11 is 0. The number of Topliss-reactive ketones (excluding diaryl/α,β-unsaturated/α-hetero) is 1. The molecule has 0 aliphatic carbocycles. The number of aromatic amines is 1. The van der Waals surface area contributed by atoms with Crippen LogP contribution in [0.15, 0.2) is 40.9 Å². The number of likely N-dealkylation sites (tertiary alicyclic amines) is 1. The summed E-state index contributed by atoms with van der Waals surface area (Å²) in [6.45, 7) is 2.63. The van der Waals surface area contributed by atoms with Gasteiger partial charge in [0.1, 0.15) is 28.4 Å². The zero-order chi connectivity index (χ0) is 27.1. The number of hydrogen-bond donors (Lipinski definition) is 1. The Morgan fingerprint density at radius 2 is 1.85 bits per heavy atom. The highest BCUT2D eigenvalue weighted by molar-refractivity contribution is 6.01. The van der Waals surface area contributed by atoms with Crippen molar-refractivity contribution in [3.63, 3.8) is 0 Å². The highest BCUT2D eigenvalue weighted by Gasteiger charge is 2.44. The number of ketones is 1. The number of ether oxygens (including phenoxy) is 3. The van der Waals surface area contributed by atoms with Crippen molar-refractivity contribution in [1.29, 1.82) is 0 Å². The molecule has 0 unspecified atom stereocenters. The number of nitrogens with one attached hydrogen (secondary N) is 1. The summed E-state index contributed by atoms with van der Waals surface area (Å²) in [5, 5.41) is 13.9. The fourth-order valence-electron chi connectivity index (χ4n) is 5.25. The maximum atomic E-state index is 13.5. The van der Waals surface area contributed by atoms with Gasteiger partial charge < -0.3 is 23.5 Å². The van der Waals surface area contributed by atoms with Crippen molar-refractivity contribution >= 4 is 11.7 Å². The molecule has 0 bridgehead atoms. The van der Waals surface area contributed by atoms with Crippen LogP contribution in [0.5, 0.6) is 17.2 Å². The number of aromatic nitrogens is 5. The molecule has 6 rings (SSSR count). The number of carbonyl (C=O) groups excluding carboxylic acids is 2. The molecule has 0 atom stereocenters. The Bertz CT molecular complexity index is 1530. The Morgan fingerprint density at radius 1 is 1.10 bits per heavy atom. The third kappa shape index (κ3) is 4.37. The number of rotatable bonds is 5. The van der Waals surface area contributed by atoms with Crippen LogP contribution in [-0.2, 0) is 0 Å². The second kappa shape index (κ2) is 9.53. The van der Waals surface area contributed by atoms with Gasteiger partial charge in [0.05, 0.1) is 32.4 Å². The molecular weight excluding hydrogens is 504 g/mol. The van der Waals surface area contributed by atoms with Crippen LogP contribution >= 0.6 is 0 Å². The molecule has 200 valence electrons. The summed E-state index contributed by atoms with van der Waals surface area (Å²) in [5.74, 6) is 2.67. The van der Waals surface area contributed by atoms with Crippen LogP contribution in [0.3, 0.4) is 0 Å². The zero-order valence-corrected chi connectivity index (χ0v) is 21.7. The van der Waals surface area contributed by atoms with Gasteiger partial charge in [0.2, 0.25) is 5.82 Å². The summed E-state index contributed by atoms with van der Waals surface area (Å²) in [7, 11) is 3.06. The fourth-order valence-corrected chi connectivity index (χ4v) is 5.25. The summed E-state index contributed by atoms with van der Waals surface area (Å²) in [6.07, 6.45) is 2.89. The molecule has 1 saturated heterocycles. The Kier molecular flexibility index (Phi) is 6.01. The van der Waals surface area contributed by atoms with E-state index < -0.39 is 5.60 Å². The monoisotopic (exact) mass is 530 g/mol. The molecule has 4 aromatic rings. The van der Waals surface area contributed by atoms with E-state index in [0.717, 1.165) is 0 Å². The second-order valence-electron chi connectivity index (χ2n) is 9.62. The molecule has 1 fully saturated rings. The topological polar surface area (TPSA) is 146 Å². The number of carbonyl (C=O) groups is 2. The lowest BCUT2D eigenvalue weighted by Gasteiger charge is -2.44. The second-order valence-corrected chi connectivity index (χ2v) is 9.62. The molecule has 1 N–H and O–H groups in total. The smallest absolute Gasteiger partial charge is 0.254 e. The van der Waals surface area contributed by atoms with Gasteiger partial charge in [0.25, 0.3) is 5.91 Å². The molecule has 1 amide bonds. The largest absolute Gasteiger partial charge is 0.496 e. The molecule has 2 aromatic heterocycles. The lowest BCUT2D eigenvalue weighted by molar-refractivity contribution is -0.00571. The summed E-state index contributed by atoms with van der Waals surface area (Å²) in [4.78, 5) is 32.6. The SMILES string of the molecule is COc1cc(C(=O)N2CCC3(CC2)CC(=O)c2cc(-c4nn[nH]n4)ccc2O3)cc(OC)c1-c1cnc(C)o1. The minimum Gasteiger partial charge on any atom is -0.496 e. The number of methoxy groups -OCH3 is 2. The highest BCUT2D eigenvalue weighted by atomic mass is 16.5. The van der Waals surface area contributed by atoms with E-state index in [1.165, 1.54) is 14.2 Å². The van der Waals surface area contributed by atoms with E-state index in [9.17, 15) is 9.59 Å². The van der Waals surface area contributed by atoms with Gasteiger partial charge in [-0.05, 0) is 35.5 Å². The normalized spacial score (nSPS) is 16.1. The van der Waals surface area contributed by atoms with Crippen LogP contribution in [0.1, 0.15) is 45.9 Å². The minimum atomic E-state index is -0.655. The average molecular weight is 531 g/mol. The van der Waals surface area contributed by atoms with Crippen molar-refractivity contribution in [1.82, 2.24) is 30.5 Å². The Morgan fingerprint density at radius 3 is 2.46 bits per heavy atom. The van der Waals surface area contributed by atoms with E-state index in [-0.39, 0.29) is 18.1 Å². The van der Waals surface area contributed by atoms with E-state index in [1.807, 2.05) is 0 Å². The van der Waals surface area contributed by atoms with Crippen LogP contribution < -0.4 is 14.2 Å². The van der Waals surface area contributed by atoms with E-state index >= 15 is 0 Å². The minimum absolute atomic E-state index is 0.00548. The van der Waals surface area contributed by atoms with Crippen LogP contribution in [0.25, 0.3) is 22.7 Å². The number of nitrogens with zero attached hydrogens (tertiary/aromatic N) is 5. The van der Waals surface area contributed by atoms with Gasteiger partial charge >= 0.3 is 0 Å². The van der Waals surface area contributed by atoms with Crippen LogP contribution in [0, 0.1) is 6.92 Å². The maximum absolute atomic E-state index is 13.5. The molecular formula is C27H26N6O6. The van der Waals surface area contributed by atoms with E-state index in [4.69, 9.17) is 18.6 Å². The number of benzene rings is 2. The number of hydrogen-bond acceptors (Lipinski definition) is 10. The van der Waals surface area contributed by atoms with Crippen LogP contribution in [-0.4, -0.2) is 75.1 Å². The molecule has 1 spiro atoms. The van der Waals surface area contributed by atoms with Gasteiger partial charge in [-0.3, -0.25) is 9.59 Å². The molecule has 2 aromatic carbocycles. The maximum Gasteiger partial charge on any atom is 0.254 e. The summed E-state index contributed by atoms with van der Waals surface area (Å²) < 4.78 is 23.2. The standard InChI is InChI=1S/C27H26N6O6/c1-15-28-14-23(38-15)24-21(36-2)11-17(12-22(24)37-3)26(35)33-8-6-27(7-9-33)13-19(34)18-10-16(4-5-20(18)39-27)25-29-31-32-30-25/h4-5,10-12,14H,6-9,13H2,1-3H3,(H,29,30,31,32). The first-order chi connectivity index (χ1) is 18.9. The summed E-state index contributed by atoms with van der Waals surface area (Å²) in [5.41, 5.74) is 1.55. The molecule has 12 nitrogen and oxygen atoms in total. The fraction of sp³-hybridized carbons (Fsp3) is 0.333. The van der Waals surface area contributed by atoms with E-state index in [2.05, 4.69) is 25.6 Å². The average Bonchev–Trinajstić information content (AvgIpc) is 3.64. The molecule has 0 radical (unpaired) electrons. The zero-order valence-electron chi connectivity index (χ0n) is 21.7. The molecule has 12 heteroatoms. The molecule has 39 heavy (non-hydrogen) atoms. The lowest BCUT2D eigenvalue weighted by atomic mass is 9.82. The predicted molar refractivity (Wildman–Crippen MR) is 137 cm³/mol. The number of H-pyrrole nitrogens is 1. The van der Waals surface area contributed by atoms with Crippen LogP contribution in [0.4, 0.5) is 0 Å². The first-order valence-corrected chi connectivity index (χ1v) is 12.5. The molecule has 2 aliphatic rings. The van der Waals surface area contributed by atoms with E-state index in [1.54, 1.807) is 48.4 Å². The van der Waals surface area contributed by atoms with Crippen molar-refractivity contribution in [3.8, 4) is 40.0 Å². The van der Waals surface area contributed by atoms with Gasteiger partial charge in [0.15, 0.2) is 17.4 Å². The number of tetrazole rings is 1. The van der Waals surface area contributed by atoms with Crippen molar-refractivity contribution in [3.05, 3.63) is 53.5 Å². The third-order valence-electron chi connectivity index (χ3n) is 7.28. The first kappa shape index (κ1) is 24.6. The highest BCUT2D eigenvalue weighted by Crippen LogP contribution is 2.42. The van der Waals surface area contributed by atoms with Gasteiger partial charge in [0, 0.05) is 44.0 Å². The lowest BCUT2D eigenvalue weighted by Crippen LogP contribution is -2.52. The number of piperidine rings is 1. The van der Waals surface area contributed by atoms with Gasteiger partial charge in [-0.1, -0.05) is 0 Å². The van der Waals surface area contributed by atoms with Gasteiger partial charge in [-0.15, -0.1) is 10.2 Å². The van der Waals surface area contributed by atoms with Gasteiger partial charge in [-0.25, -0.2) is 4.98 Å². The third-order valence-corrected chi connectivity index (χ3v) is 7.28. The van der Waals surface area contributed by atoms with Crippen LogP contribution in [0.2, 0.25) is 0 Å².